The number of aliphatic hydroxyl groups excluding tert-OH is 1. The van der Waals surface area contributed by atoms with Crippen molar-refractivity contribution in [2.45, 2.75) is 57.1 Å². The molecule has 2 atom stereocenters. The van der Waals surface area contributed by atoms with Gasteiger partial charge in [-0.15, -0.1) is 0 Å². The zero-order valence-electron chi connectivity index (χ0n) is 10.2. The van der Waals surface area contributed by atoms with Crippen LogP contribution < -0.4 is 0 Å². The van der Waals surface area contributed by atoms with Crippen LogP contribution in [0.5, 0.6) is 0 Å². The van der Waals surface area contributed by atoms with E-state index < -0.39 is 0 Å². The van der Waals surface area contributed by atoms with Gasteiger partial charge in [0.2, 0.25) is 0 Å². The fourth-order valence-corrected chi connectivity index (χ4v) is 3.06. The van der Waals surface area contributed by atoms with E-state index >= 15 is 0 Å². The maximum absolute atomic E-state index is 8.76. The summed E-state index contributed by atoms with van der Waals surface area (Å²) in [5.41, 5.74) is 0. The van der Waals surface area contributed by atoms with Crippen molar-refractivity contribution < 1.29 is 9.84 Å². The number of aliphatic hydroxyl groups is 1. The fourth-order valence-electron chi connectivity index (χ4n) is 3.06. The van der Waals surface area contributed by atoms with Crippen LogP contribution in [-0.4, -0.2) is 48.5 Å². The van der Waals surface area contributed by atoms with E-state index in [2.05, 4.69) is 4.90 Å². The summed E-state index contributed by atoms with van der Waals surface area (Å²) in [6.07, 6.45) is 9.16. The highest BCUT2D eigenvalue weighted by molar-refractivity contribution is 4.87. The van der Waals surface area contributed by atoms with Gasteiger partial charge in [-0.25, -0.2) is 0 Å². The number of ether oxygens (including phenoxy) is 1. The third-order valence-corrected chi connectivity index (χ3v) is 3.95. The van der Waals surface area contributed by atoms with Gasteiger partial charge in [-0.2, -0.15) is 0 Å². The molecular formula is C13H25NO2. The van der Waals surface area contributed by atoms with Gasteiger partial charge in [0.15, 0.2) is 0 Å². The lowest BCUT2D eigenvalue weighted by Crippen LogP contribution is -2.52. The molecule has 16 heavy (non-hydrogen) atoms. The van der Waals surface area contributed by atoms with Gasteiger partial charge in [0.25, 0.3) is 0 Å². The Morgan fingerprint density at radius 1 is 1.12 bits per heavy atom. The van der Waals surface area contributed by atoms with Crippen molar-refractivity contribution in [3.63, 3.8) is 0 Å². The molecule has 0 bridgehead atoms. The van der Waals surface area contributed by atoms with Crippen molar-refractivity contribution in [1.82, 2.24) is 4.90 Å². The lowest BCUT2D eigenvalue weighted by molar-refractivity contribution is -0.0882. The molecule has 0 spiro atoms. The van der Waals surface area contributed by atoms with Crippen LogP contribution in [0.4, 0.5) is 0 Å². The Balaban J connectivity index is 1.74. The van der Waals surface area contributed by atoms with E-state index in [4.69, 9.17) is 9.84 Å². The first kappa shape index (κ1) is 12.3. The molecule has 2 aliphatic rings. The van der Waals surface area contributed by atoms with Crippen molar-refractivity contribution in [2.75, 3.05) is 26.3 Å². The lowest BCUT2D eigenvalue weighted by atomic mass is 9.90. The van der Waals surface area contributed by atoms with E-state index in [9.17, 15) is 0 Å². The molecule has 1 aliphatic heterocycles. The SMILES string of the molecule is OCCCCCN1CCOC2CCCCC21. The summed E-state index contributed by atoms with van der Waals surface area (Å²) in [5.74, 6) is 0. The van der Waals surface area contributed by atoms with E-state index in [-0.39, 0.29) is 0 Å². The average molecular weight is 227 g/mol. The maximum atomic E-state index is 8.76. The van der Waals surface area contributed by atoms with E-state index in [1.165, 1.54) is 38.6 Å². The molecule has 1 aliphatic carbocycles. The highest BCUT2D eigenvalue weighted by Crippen LogP contribution is 2.28. The minimum atomic E-state index is 0.342. The second-order valence-corrected chi connectivity index (χ2v) is 5.08. The zero-order chi connectivity index (χ0) is 11.2. The number of morpholine rings is 1. The normalized spacial score (nSPS) is 31.3. The molecule has 0 radical (unpaired) electrons. The van der Waals surface area contributed by atoms with Crippen LogP contribution in [0, 0.1) is 0 Å². The molecule has 94 valence electrons. The molecule has 1 saturated carbocycles. The number of hydrogen-bond donors (Lipinski definition) is 1. The predicted molar refractivity (Wildman–Crippen MR) is 64.5 cm³/mol. The van der Waals surface area contributed by atoms with Crippen molar-refractivity contribution in [1.29, 1.82) is 0 Å². The molecule has 0 amide bonds. The Bertz CT molecular complexity index is 196. The van der Waals surface area contributed by atoms with Gasteiger partial charge in [0.05, 0.1) is 12.7 Å². The largest absolute Gasteiger partial charge is 0.396 e. The van der Waals surface area contributed by atoms with Gasteiger partial charge in [-0.3, -0.25) is 4.90 Å². The molecule has 2 rings (SSSR count). The smallest absolute Gasteiger partial charge is 0.0730 e. The third-order valence-electron chi connectivity index (χ3n) is 3.95. The number of hydrogen-bond acceptors (Lipinski definition) is 3. The fraction of sp³-hybridized carbons (Fsp3) is 1.00. The highest BCUT2D eigenvalue weighted by Gasteiger charge is 2.33. The minimum absolute atomic E-state index is 0.342. The van der Waals surface area contributed by atoms with Gasteiger partial charge in [0, 0.05) is 19.2 Å². The Morgan fingerprint density at radius 2 is 2.00 bits per heavy atom. The van der Waals surface area contributed by atoms with Crippen LogP contribution in [0.1, 0.15) is 44.9 Å². The predicted octanol–water partition coefficient (Wildman–Crippen LogP) is 1.79. The number of rotatable bonds is 5. The van der Waals surface area contributed by atoms with Crippen LogP contribution in [0.25, 0.3) is 0 Å². The average Bonchev–Trinajstić information content (AvgIpc) is 2.35. The molecule has 3 heteroatoms. The Hall–Kier alpha value is -0.120. The van der Waals surface area contributed by atoms with Crippen LogP contribution in [0.3, 0.4) is 0 Å². The van der Waals surface area contributed by atoms with Crippen molar-refractivity contribution in [3.05, 3.63) is 0 Å². The van der Waals surface area contributed by atoms with Crippen LogP contribution in [0.15, 0.2) is 0 Å². The van der Waals surface area contributed by atoms with E-state index in [0.29, 0.717) is 18.8 Å². The van der Waals surface area contributed by atoms with E-state index in [0.717, 1.165) is 26.0 Å². The quantitative estimate of drug-likeness (QED) is 0.727. The van der Waals surface area contributed by atoms with Crippen LogP contribution in [-0.2, 0) is 4.74 Å². The zero-order valence-corrected chi connectivity index (χ0v) is 10.2. The van der Waals surface area contributed by atoms with Gasteiger partial charge < -0.3 is 9.84 Å². The Kier molecular flexibility index (Phi) is 5.07. The summed E-state index contributed by atoms with van der Waals surface area (Å²) in [6.45, 7) is 3.57. The Morgan fingerprint density at radius 3 is 2.88 bits per heavy atom. The summed E-state index contributed by atoms with van der Waals surface area (Å²) in [5, 5.41) is 8.76. The van der Waals surface area contributed by atoms with Crippen molar-refractivity contribution >= 4 is 0 Å². The topological polar surface area (TPSA) is 32.7 Å². The first-order valence-corrected chi connectivity index (χ1v) is 6.88. The van der Waals surface area contributed by atoms with Gasteiger partial charge in [-0.05, 0) is 38.6 Å². The monoisotopic (exact) mass is 227 g/mol. The summed E-state index contributed by atoms with van der Waals surface area (Å²) in [6, 6.07) is 0.691. The summed E-state index contributed by atoms with van der Waals surface area (Å²) >= 11 is 0. The molecule has 1 N–H and O–H groups in total. The molecular weight excluding hydrogens is 202 g/mol. The van der Waals surface area contributed by atoms with Gasteiger partial charge >= 0.3 is 0 Å². The summed E-state index contributed by atoms with van der Waals surface area (Å²) < 4.78 is 5.86. The van der Waals surface area contributed by atoms with Crippen LogP contribution in [0.2, 0.25) is 0 Å². The molecule has 0 aromatic carbocycles. The Labute approximate surface area is 98.8 Å². The van der Waals surface area contributed by atoms with Gasteiger partial charge in [-0.1, -0.05) is 12.8 Å². The third kappa shape index (κ3) is 3.19. The van der Waals surface area contributed by atoms with Gasteiger partial charge in [0.1, 0.15) is 0 Å². The first-order valence-electron chi connectivity index (χ1n) is 6.88. The summed E-state index contributed by atoms with van der Waals surface area (Å²) in [7, 11) is 0. The standard InChI is InChI=1S/C13H25NO2/c15-10-5-1-4-8-14-9-11-16-13-7-3-2-6-12(13)14/h12-13,15H,1-11H2. The van der Waals surface area contributed by atoms with E-state index in [1.54, 1.807) is 0 Å². The second kappa shape index (κ2) is 6.58. The number of fused-ring (bicyclic) bond motifs is 1. The first-order chi connectivity index (χ1) is 7.92. The van der Waals surface area contributed by atoms with Crippen molar-refractivity contribution in [3.8, 4) is 0 Å². The number of unbranched alkanes of at least 4 members (excludes halogenated alkanes) is 2. The highest BCUT2D eigenvalue weighted by atomic mass is 16.5. The van der Waals surface area contributed by atoms with Crippen molar-refractivity contribution in [2.24, 2.45) is 0 Å². The maximum Gasteiger partial charge on any atom is 0.0730 e. The molecule has 1 saturated heterocycles. The molecule has 0 aromatic rings. The molecule has 0 aromatic heterocycles. The lowest BCUT2D eigenvalue weighted by Gasteiger charge is -2.43. The molecule has 1 heterocycles. The minimum Gasteiger partial charge on any atom is -0.396 e. The van der Waals surface area contributed by atoms with Crippen LogP contribution >= 0.6 is 0 Å². The molecule has 3 nitrogen and oxygen atoms in total. The second-order valence-electron chi connectivity index (χ2n) is 5.08. The number of nitrogens with zero attached hydrogens (tertiary/aromatic N) is 1. The summed E-state index contributed by atoms with van der Waals surface area (Å²) in [4.78, 5) is 2.63. The molecule has 2 unspecified atom stereocenters. The van der Waals surface area contributed by atoms with E-state index in [1.807, 2.05) is 0 Å². The molecule has 2 fully saturated rings.